The van der Waals surface area contributed by atoms with Gasteiger partial charge >= 0.3 is 0 Å². The van der Waals surface area contributed by atoms with Crippen LogP contribution in [-0.4, -0.2) is 0 Å². The Morgan fingerprint density at radius 1 is 1.05 bits per heavy atom. The van der Waals surface area contributed by atoms with Crippen molar-refractivity contribution in [2.45, 2.75) is 39.3 Å². The first kappa shape index (κ1) is 15.1. The van der Waals surface area contributed by atoms with Gasteiger partial charge in [0.1, 0.15) is 0 Å². The van der Waals surface area contributed by atoms with Crippen molar-refractivity contribution in [1.29, 1.82) is 0 Å². The molecule has 0 aliphatic heterocycles. The van der Waals surface area contributed by atoms with E-state index in [0.717, 1.165) is 24.4 Å². The molecule has 0 saturated heterocycles. The van der Waals surface area contributed by atoms with Crippen LogP contribution < -0.4 is 5.32 Å². The van der Waals surface area contributed by atoms with Gasteiger partial charge in [-0.3, -0.25) is 0 Å². The van der Waals surface area contributed by atoms with E-state index in [0.29, 0.717) is 6.04 Å². The van der Waals surface area contributed by atoms with Crippen molar-refractivity contribution in [3.8, 4) is 0 Å². The van der Waals surface area contributed by atoms with Crippen molar-refractivity contribution < 1.29 is 0 Å². The Bertz CT molecular complexity index is 533. The Morgan fingerprint density at radius 3 is 2.40 bits per heavy atom. The fourth-order valence-corrected chi connectivity index (χ4v) is 2.54. The quantitative estimate of drug-likeness (QED) is 0.762. The number of aryl methyl sites for hydroxylation is 1. The van der Waals surface area contributed by atoms with Gasteiger partial charge in [0.2, 0.25) is 0 Å². The topological polar surface area (TPSA) is 12.0 Å². The predicted octanol–water partition coefficient (Wildman–Crippen LogP) is 5.28. The Labute approximate surface area is 127 Å². The van der Waals surface area contributed by atoms with Crippen LogP contribution in [0.3, 0.4) is 0 Å². The van der Waals surface area contributed by atoms with Crippen molar-refractivity contribution in [3.63, 3.8) is 0 Å². The van der Waals surface area contributed by atoms with Gasteiger partial charge in [0.05, 0.1) is 0 Å². The average Bonchev–Trinajstić information content (AvgIpc) is 2.46. The molecule has 20 heavy (non-hydrogen) atoms. The van der Waals surface area contributed by atoms with Crippen LogP contribution in [0.5, 0.6) is 0 Å². The van der Waals surface area contributed by atoms with E-state index in [-0.39, 0.29) is 0 Å². The maximum atomic E-state index is 5.97. The maximum Gasteiger partial charge on any atom is 0.0406 e. The van der Waals surface area contributed by atoms with Crippen LogP contribution >= 0.6 is 11.6 Å². The highest BCUT2D eigenvalue weighted by Crippen LogP contribution is 2.21. The monoisotopic (exact) mass is 287 g/mol. The van der Waals surface area contributed by atoms with Crippen LogP contribution in [0, 0.1) is 6.92 Å². The second kappa shape index (κ2) is 7.47. The summed E-state index contributed by atoms with van der Waals surface area (Å²) in [7, 11) is 0. The van der Waals surface area contributed by atoms with Gasteiger partial charge in [0.25, 0.3) is 0 Å². The summed E-state index contributed by atoms with van der Waals surface area (Å²) < 4.78 is 0. The third kappa shape index (κ3) is 4.09. The fraction of sp³-hybridized carbons (Fsp3) is 0.333. The first-order valence-electron chi connectivity index (χ1n) is 7.24. The van der Waals surface area contributed by atoms with E-state index in [1.54, 1.807) is 0 Å². The lowest BCUT2D eigenvalue weighted by Gasteiger charge is -2.19. The molecule has 0 aromatic heterocycles. The van der Waals surface area contributed by atoms with E-state index >= 15 is 0 Å². The Morgan fingerprint density at radius 2 is 1.75 bits per heavy atom. The van der Waals surface area contributed by atoms with E-state index in [4.69, 9.17) is 11.6 Å². The van der Waals surface area contributed by atoms with E-state index in [1.165, 1.54) is 16.7 Å². The van der Waals surface area contributed by atoms with Crippen molar-refractivity contribution in [3.05, 3.63) is 70.2 Å². The molecule has 0 aliphatic rings. The first-order valence-corrected chi connectivity index (χ1v) is 7.62. The summed E-state index contributed by atoms with van der Waals surface area (Å²) in [5, 5.41) is 4.46. The molecule has 0 fully saturated rings. The van der Waals surface area contributed by atoms with E-state index in [1.807, 2.05) is 12.1 Å². The van der Waals surface area contributed by atoms with Gasteiger partial charge < -0.3 is 5.32 Å². The lowest BCUT2D eigenvalue weighted by molar-refractivity contribution is 0.493. The molecule has 1 nitrogen and oxygen atoms in total. The summed E-state index contributed by atoms with van der Waals surface area (Å²) in [6.45, 7) is 5.28. The highest BCUT2D eigenvalue weighted by atomic mass is 35.5. The highest BCUT2D eigenvalue weighted by molar-refractivity contribution is 6.30. The lowest BCUT2D eigenvalue weighted by Crippen LogP contribution is -2.21. The standard InChI is InChI=1S/C18H22ClN/c1-3-6-18(15-9-11-17(19)12-10-15)20-13-16-8-5-4-7-14(16)2/h4-5,7-12,18,20H,3,6,13H2,1-2H3. The Hall–Kier alpha value is -1.31. The minimum absolute atomic E-state index is 0.386. The summed E-state index contributed by atoms with van der Waals surface area (Å²) in [5.41, 5.74) is 4.01. The summed E-state index contributed by atoms with van der Waals surface area (Å²) in [5.74, 6) is 0. The molecule has 0 bridgehead atoms. The van der Waals surface area contributed by atoms with Gasteiger partial charge in [0.15, 0.2) is 0 Å². The van der Waals surface area contributed by atoms with Crippen LogP contribution in [0.25, 0.3) is 0 Å². The fourth-order valence-electron chi connectivity index (χ4n) is 2.41. The predicted molar refractivity (Wildman–Crippen MR) is 87.1 cm³/mol. The van der Waals surface area contributed by atoms with Crippen molar-refractivity contribution in [2.75, 3.05) is 0 Å². The Kier molecular flexibility index (Phi) is 5.63. The number of halogens is 1. The molecule has 1 atom stereocenters. The Balaban J connectivity index is 2.06. The zero-order valence-corrected chi connectivity index (χ0v) is 13.0. The van der Waals surface area contributed by atoms with Crippen LogP contribution in [0.2, 0.25) is 5.02 Å². The van der Waals surface area contributed by atoms with E-state index in [2.05, 4.69) is 55.6 Å². The molecule has 2 rings (SSSR count). The van der Waals surface area contributed by atoms with E-state index in [9.17, 15) is 0 Å². The lowest BCUT2D eigenvalue weighted by atomic mass is 10.0. The molecular weight excluding hydrogens is 266 g/mol. The number of hydrogen-bond acceptors (Lipinski definition) is 1. The van der Waals surface area contributed by atoms with Gasteiger partial charge in [0, 0.05) is 17.6 Å². The van der Waals surface area contributed by atoms with Gasteiger partial charge in [-0.1, -0.05) is 61.3 Å². The smallest absolute Gasteiger partial charge is 0.0406 e. The molecule has 2 aromatic rings. The molecule has 0 saturated carbocycles. The minimum atomic E-state index is 0.386. The molecule has 0 heterocycles. The van der Waals surface area contributed by atoms with Crippen molar-refractivity contribution in [1.82, 2.24) is 5.32 Å². The molecule has 0 spiro atoms. The molecule has 2 aromatic carbocycles. The molecule has 1 unspecified atom stereocenters. The molecule has 2 heteroatoms. The van der Waals surface area contributed by atoms with Crippen LogP contribution in [0.4, 0.5) is 0 Å². The van der Waals surface area contributed by atoms with Crippen LogP contribution in [-0.2, 0) is 6.54 Å². The number of hydrogen-bond donors (Lipinski definition) is 1. The molecule has 0 aliphatic carbocycles. The largest absolute Gasteiger partial charge is 0.306 e. The average molecular weight is 288 g/mol. The number of benzene rings is 2. The van der Waals surface area contributed by atoms with Crippen LogP contribution in [0.1, 0.15) is 42.5 Å². The summed E-state index contributed by atoms with van der Waals surface area (Å²) in [4.78, 5) is 0. The van der Waals surface area contributed by atoms with Crippen molar-refractivity contribution >= 4 is 11.6 Å². The molecule has 0 radical (unpaired) electrons. The van der Waals surface area contributed by atoms with E-state index < -0.39 is 0 Å². The van der Waals surface area contributed by atoms with Gasteiger partial charge in [-0.05, 0) is 42.2 Å². The minimum Gasteiger partial charge on any atom is -0.306 e. The summed E-state index contributed by atoms with van der Waals surface area (Å²) in [6.07, 6.45) is 2.29. The molecule has 106 valence electrons. The molecular formula is C18H22ClN. The van der Waals surface area contributed by atoms with Gasteiger partial charge in [-0.15, -0.1) is 0 Å². The van der Waals surface area contributed by atoms with Gasteiger partial charge in [-0.25, -0.2) is 0 Å². The maximum absolute atomic E-state index is 5.97. The highest BCUT2D eigenvalue weighted by Gasteiger charge is 2.10. The molecule has 1 N–H and O–H groups in total. The number of nitrogens with one attached hydrogen (secondary N) is 1. The zero-order chi connectivity index (χ0) is 14.4. The third-order valence-corrected chi connectivity index (χ3v) is 3.90. The normalized spacial score (nSPS) is 12.3. The van der Waals surface area contributed by atoms with Crippen molar-refractivity contribution in [2.24, 2.45) is 0 Å². The second-order valence-corrected chi connectivity index (χ2v) is 5.64. The van der Waals surface area contributed by atoms with Crippen LogP contribution in [0.15, 0.2) is 48.5 Å². The SMILES string of the molecule is CCCC(NCc1ccccc1C)c1ccc(Cl)cc1. The molecule has 0 amide bonds. The van der Waals surface area contributed by atoms with Gasteiger partial charge in [-0.2, -0.15) is 0 Å². The summed E-state index contributed by atoms with van der Waals surface area (Å²) in [6, 6.07) is 17.1. The summed E-state index contributed by atoms with van der Waals surface area (Å²) >= 11 is 5.97. The first-order chi connectivity index (χ1) is 9.70. The second-order valence-electron chi connectivity index (χ2n) is 5.20. The number of rotatable bonds is 6. The third-order valence-electron chi connectivity index (χ3n) is 3.65. The zero-order valence-electron chi connectivity index (χ0n) is 12.2.